The van der Waals surface area contributed by atoms with Crippen LogP contribution in [-0.2, 0) is 9.84 Å². The summed E-state index contributed by atoms with van der Waals surface area (Å²) < 4.78 is 24.9. The van der Waals surface area contributed by atoms with Gasteiger partial charge in [-0.1, -0.05) is 12.8 Å². The van der Waals surface area contributed by atoms with E-state index >= 15 is 0 Å². The largest absolute Gasteiger partial charge is 0.299 e. The Balaban J connectivity index is 1.63. The maximum atomic E-state index is 12.4. The van der Waals surface area contributed by atoms with Crippen LogP contribution in [0.5, 0.6) is 0 Å². The van der Waals surface area contributed by atoms with E-state index in [1.54, 1.807) is 24.3 Å². The highest BCUT2D eigenvalue weighted by atomic mass is 32.2. The summed E-state index contributed by atoms with van der Waals surface area (Å²) in [6.07, 6.45) is 6.37. The van der Waals surface area contributed by atoms with Crippen molar-refractivity contribution in [3.63, 3.8) is 0 Å². The Hall–Kier alpha value is -1.38. The molecule has 0 spiro atoms. The van der Waals surface area contributed by atoms with Gasteiger partial charge in [-0.15, -0.1) is 0 Å². The van der Waals surface area contributed by atoms with Gasteiger partial charge in [-0.25, -0.2) is 8.42 Å². The van der Waals surface area contributed by atoms with Crippen molar-refractivity contribution < 1.29 is 8.42 Å². The van der Waals surface area contributed by atoms with Crippen molar-refractivity contribution in [2.45, 2.75) is 43.0 Å². The lowest BCUT2D eigenvalue weighted by molar-refractivity contribution is 0.191. The second-order valence-corrected chi connectivity index (χ2v) is 8.50. The highest BCUT2D eigenvalue weighted by Crippen LogP contribution is 2.35. The molecule has 0 radical (unpaired) electrons. The molecule has 4 nitrogen and oxygen atoms in total. The molecule has 2 atom stereocenters. The van der Waals surface area contributed by atoms with Crippen LogP contribution in [0.4, 0.5) is 0 Å². The van der Waals surface area contributed by atoms with E-state index in [-0.39, 0.29) is 5.75 Å². The van der Waals surface area contributed by atoms with Crippen molar-refractivity contribution in [2.75, 3.05) is 18.8 Å². The van der Waals surface area contributed by atoms with Crippen LogP contribution >= 0.6 is 0 Å². The van der Waals surface area contributed by atoms with E-state index in [9.17, 15) is 8.42 Å². The fraction of sp³-hybridized carbons (Fsp3) is 0.588. The monoisotopic (exact) mass is 318 g/mol. The molecule has 3 rings (SSSR count). The second-order valence-electron chi connectivity index (χ2n) is 6.39. The van der Waals surface area contributed by atoms with Crippen molar-refractivity contribution in [2.24, 2.45) is 5.92 Å². The van der Waals surface area contributed by atoms with E-state index in [1.807, 2.05) is 6.07 Å². The number of likely N-dealkylation sites (tertiary alicyclic amines) is 1. The molecule has 1 aliphatic heterocycles. The Morgan fingerprint density at radius 2 is 1.86 bits per heavy atom. The molecule has 22 heavy (non-hydrogen) atoms. The zero-order valence-corrected chi connectivity index (χ0v) is 13.6. The third-order valence-corrected chi connectivity index (χ3v) is 6.83. The lowest BCUT2D eigenvalue weighted by atomic mass is 9.85. The maximum absolute atomic E-state index is 12.4. The van der Waals surface area contributed by atoms with Crippen LogP contribution in [0.15, 0.2) is 29.2 Å². The SMILES string of the molecule is N#Cc1ccc(S(=O)(=O)CCN2CCC3CCCCC32)cc1. The number of nitrogens with zero attached hydrogens (tertiary/aromatic N) is 2. The number of fused-ring (bicyclic) bond motifs is 1. The molecular weight excluding hydrogens is 296 g/mol. The summed E-state index contributed by atoms with van der Waals surface area (Å²) in [4.78, 5) is 2.70. The number of hydrogen-bond donors (Lipinski definition) is 0. The molecule has 118 valence electrons. The normalized spacial score (nSPS) is 25.6. The Labute approximate surface area is 132 Å². The van der Waals surface area contributed by atoms with Crippen LogP contribution in [-0.4, -0.2) is 38.2 Å². The van der Waals surface area contributed by atoms with Gasteiger partial charge in [-0.3, -0.25) is 4.90 Å². The van der Waals surface area contributed by atoms with Gasteiger partial charge in [-0.2, -0.15) is 5.26 Å². The van der Waals surface area contributed by atoms with Gasteiger partial charge in [0.2, 0.25) is 0 Å². The molecule has 2 aliphatic rings. The molecule has 1 aromatic rings. The second kappa shape index (κ2) is 6.39. The van der Waals surface area contributed by atoms with E-state index in [4.69, 9.17) is 5.26 Å². The molecule has 2 fully saturated rings. The minimum atomic E-state index is -3.26. The Bertz CT molecular complexity index is 661. The summed E-state index contributed by atoms with van der Waals surface area (Å²) in [7, 11) is -3.26. The third-order valence-electron chi connectivity index (χ3n) is 5.11. The van der Waals surface area contributed by atoms with Crippen molar-refractivity contribution in [3.8, 4) is 6.07 Å². The van der Waals surface area contributed by atoms with Gasteiger partial charge in [0.05, 0.1) is 22.3 Å². The molecule has 0 amide bonds. The van der Waals surface area contributed by atoms with Crippen LogP contribution in [0.2, 0.25) is 0 Å². The zero-order chi connectivity index (χ0) is 15.6. The van der Waals surface area contributed by atoms with Crippen LogP contribution < -0.4 is 0 Å². The maximum Gasteiger partial charge on any atom is 0.179 e. The van der Waals surface area contributed by atoms with Gasteiger partial charge in [0.15, 0.2) is 9.84 Å². The van der Waals surface area contributed by atoms with Gasteiger partial charge in [0.1, 0.15) is 0 Å². The van der Waals surface area contributed by atoms with Gasteiger partial charge in [0, 0.05) is 12.6 Å². The fourth-order valence-corrected chi connectivity index (χ4v) is 5.13. The van der Waals surface area contributed by atoms with E-state index < -0.39 is 9.84 Å². The summed E-state index contributed by atoms with van der Waals surface area (Å²) in [6.45, 7) is 1.67. The third kappa shape index (κ3) is 3.18. The van der Waals surface area contributed by atoms with E-state index in [0.29, 0.717) is 23.0 Å². The van der Waals surface area contributed by atoms with Gasteiger partial charge in [-0.05, 0) is 56.0 Å². The van der Waals surface area contributed by atoms with Gasteiger partial charge < -0.3 is 0 Å². The fourth-order valence-electron chi connectivity index (χ4n) is 3.87. The number of hydrogen-bond acceptors (Lipinski definition) is 4. The molecule has 1 saturated heterocycles. The smallest absolute Gasteiger partial charge is 0.179 e. The van der Waals surface area contributed by atoms with Crippen molar-refractivity contribution >= 4 is 9.84 Å². The lowest BCUT2D eigenvalue weighted by Gasteiger charge is -2.31. The molecule has 1 saturated carbocycles. The summed E-state index contributed by atoms with van der Waals surface area (Å²) in [5.74, 6) is 0.952. The van der Waals surface area contributed by atoms with E-state index in [1.165, 1.54) is 32.1 Å². The first kappa shape index (κ1) is 15.5. The molecule has 0 N–H and O–H groups in total. The Morgan fingerprint density at radius 3 is 2.59 bits per heavy atom. The van der Waals surface area contributed by atoms with Crippen LogP contribution in [0.3, 0.4) is 0 Å². The summed E-state index contributed by atoms with van der Waals surface area (Å²) in [5.41, 5.74) is 0.489. The van der Waals surface area contributed by atoms with Gasteiger partial charge >= 0.3 is 0 Å². The predicted octanol–water partition coefficient (Wildman–Crippen LogP) is 2.60. The van der Waals surface area contributed by atoms with Crippen LogP contribution in [0.1, 0.15) is 37.7 Å². The molecule has 2 unspecified atom stereocenters. The first-order chi connectivity index (χ1) is 10.6. The quantitative estimate of drug-likeness (QED) is 0.856. The number of rotatable bonds is 4. The molecule has 1 aromatic carbocycles. The van der Waals surface area contributed by atoms with Crippen molar-refractivity contribution in [3.05, 3.63) is 29.8 Å². The molecule has 0 aromatic heterocycles. The van der Waals surface area contributed by atoms with Crippen molar-refractivity contribution in [1.82, 2.24) is 4.90 Å². The summed E-state index contributed by atoms with van der Waals surface area (Å²) in [5, 5.41) is 8.78. The number of sulfone groups is 1. The molecular formula is C17H22N2O2S. The Morgan fingerprint density at radius 1 is 1.14 bits per heavy atom. The predicted molar refractivity (Wildman–Crippen MR) is 85.1 cm³/mol. The van der Waals surface area contributed by atoms with Gasteiger partial charge in [0.25, 0.3) is 0 Å². The van der Waals surface area contributed by atoms with Crippen LogP contribution in [0.25, 0.3) is 0 Å². The minimum Gasteiger partial charge on any atom is -0.299 e. The molecule has 1 aliphatic carbocycles. The van der Waals surface area contributed by atoms with Crippen LogP contribution in [0, 0.1) is 17.2 Å². The molecule has 5 heteroatoms. The number of benzene rings is 1. The average molecular weight is 318 g/mol. The topological polar surface area (TPSA) is 61.2 Å². The lowest BCUT2D eigenvalue weighted by Crippen LogP contribution is -2.37. The summed E-state index contributed by atoms with van der Waals surface area (Å²) >= 11 is 0. The first-order valence-electron chi connectivity index (χ1n) is 8.07. The molecule has 0 bridgehead atoms. The number of nitriles is 1. The standard InChI is InChI=1S/C17H22N2O2S/c18-13-14-5-7-16(8-6-14)22(20,21)12-11-19-10-9-15-3-1-2-4-17(15)19/h5-8,15,17H,1-4,9-12H2. The average Bonchev–Trinajstić information content (AvgIpc) is 2.96. The minimum absolute atomic E-state index is 0.169. The molecule has 1 heterocycles. The first-order valence-corrected chi connectivity index (χ1v) is 9.72. The highest BCUT2D eigenvalue weighted by Gasteiger charge is 2.35. The summed E-state index contributed by atoms with van der Waals surface area (Å²) in [6, 6.07) is 8.84. The highest BCUT2D eigenvalue weighted by molar-refractivity contribution is 7.91. The van der Waals surface area contributed by atoms with E-state index in [2.05, 4.69) is 4.90 Å². The van der Waals surface area contributed by atoms with Crippen molar-refractivity contribution in [1.29, 1.82) is 5.26 Å². The zero-order valence-electron chi connectivity index (χ0n) is 12.7. The Kier molecular flexibility index (Phi) is 4.51. The van der Waals surface area contributed by atoms with E-state index in [0.717, 1.165) is 12.5 Å².